The maximum atomic E-state index is 11.5. The summed E-state index contributed by atoms with van der Waals surface area (Å²) in [6, 6.07) is 5.29. The van der Waals surface area contributed by atoms with Crippen LogP contribution in [0.2, 0.25) is 0 Å². The number of para-hydroxylation sites is 1. The molecule has 0 saturated carbocycles. The molecule has 1 unspecified atom stereocenters. The number of hydrogen-bond acceptors (Lipinski definition) is 5. The molecule has 94 valence electrons. The van der Waals surface area contributed by atoms with Crippen molar-refractivity contribution in [3.63, 3.8) is 0 Å². The Kier molecular flexibility index (Phi) is 5.31. The standard InChI is InChI=1S/C12H16O4S/c1-4-16-12(14)10(13)8-6-5-7-9(17-3)11(8)15-2/h5-7,10,13H,4H2,1-3H3. The van der Waals surface area contributed by atoms with E-state index in [2.05, 4.69) is 0 Å². The smallest absolute Gasteiger partial charge is 0.339 e. The number of aliphatic hydroxyl groups is 1. The van der Waals surface area contributed by atoms with Crippen LogP contribution >= 0.6 is 11.8 Å². The molecule has 0 amide bonds. The molecule has 1 aromatic carbocycles. The molecule has 1 N–H and O–H groups in total. The van der Waals surface area contributed by atoms with Crippen LogP contribution in [0.3, 0.4) is 0 Å². The molecule has 0 saturated heterocycles. The summed E-state index contributed by atoms with van der Waals surface area (Å²) >= 11 is 1.49. The van der Waals surface area contributed by atoms with Gasteiger partial charge in [0.25, 0.3) is 0 Å². The fourth-order valence-corrected chi connectivity index (χ4v) is 2.08. The minimum Gasteiger partial charge on any atom is -0.495 e. The highest BCUT2D eigenvalue weighted by Crippen LogP contribution is 2.34. The van der Waals surface area contributed by atoms with Crippen molar-refractivity contribution < 1.29 is 19.4 Å². The highest BCUT2D eigenvalue weighted by atomic mass is 32.2. The molecule has 0 aliphatic heterocycles. The molecule has 0 aromatic heterocycles. The molecule has 0 aliphatic carbocycles. The van der Waals surface area contributed by atoms with Gasteiger partial charge in [-0.2, -0.15) is 0 Å². The summed E-state index contributed by atoms with van der Waals surface area (Å²) in [7, 11) is 1.51. The molecule has 0 spiro atoms. The third-order valence-electron chi connectivity index (χ3n) is 2.24. The molecule has 0 radical (unpaired) electrons. The van der Waals surface area contributed by atoms with Gasteiger partial charge in [0.15, 0.2) is 6.10 Å². The summed E-state index contributed by atoms with van der Waals surface area (Å²) in [4.78, 5) is 12.3. The Labute approximate surface area is 105 Å². The monoisotopic (exact) mass is 256 g/mol. The summed E-state index contributed by atoms with van der Waals surface area (Å²) in [6.45, 7) is 1.93. The molecule has 1 atom stereocenters. The summed E-state index contributed by atoms with van der Waals surface area (Å²) in [5.74, 6) is -0.149. The quantitative estimate of drug-likeness (QED) is 0.645. The number of carbonyl (C=O) groups is 1. The topological polar surface area (TPSA) is 55.8 Å². The molecule has 17 heavy (non-hydrogen) atoms. The Morgan fingerprint density at radius 2 is 2.24 bits per heavy atom. The van der Waals surface area contributed by atoms with E-state index in [0.717, 1.165) is 4.90 Å². The van der Waals surface area contributed by atoms with Crippen LogP contribution in [0.5, 0.6) is 5.75 Å². The van der Waals surface area contributed by atoms with Gasteiger partial charge in [-0.15, -0.1) is 11.8 Å². The highest BCUT2D eigenvalue weighted by molar-refractivity contribution is 7.98. The predicted octanol–water partition coefficient (Wildman–Crippen LogP) is 2.01. The number of aliphatic hydroxyl groups excluding tert-OH is 1. The second-order valence-electron chi connectivity index (χ2n) is 3.24. The first-order chi connectivity index (χ1) is 8.15. The van der Waals surface area contributed by atoms with Gasteiger partial charge in [-0.05, 0) is 19.2 Å². The summed E-state index contributed by atoms with van der Waals surface area (Å²) in [5.41, 5.74) is 0.429. The van der Waals surface area contributed by atoms with Crippen LogP contribution in [-0.2, 0) is 9.53 Å². The zero-order valence-electron chi connectivity index (χ0n) is 10.1. The van der Waals surface area contributed by atoms with E-state index in [1.807, 2.05) is 12.3 Å². The number of hydrogen-bond donors (Lipinski definition) is 1. The SMILES string of the molecule is CCOC(=O)C(O)c1cccc(SC)c1OC. The second kappa shape index (κ2) is 6.51. The van der Waals surface area contributed by atoms with E-state index in [-0.39, 0.29) is 6.61 Å². The van der Waals surface area contributed by atoms with Crippen molar-refractivity contribution in [1.29, 1.82) is 0 Å². The molecule has 0 aliphatic rings. The molecule has 0 fully saturated rings. The zero-order valence-corrected chi connectivity index (χ0v) is 10.9. The van der Waals surface area contributed by atoms with Crippen molar-refractivity contribution in [2.75, 3.05) is 20.0 Å². The van der Waals surface area contributed by atoms with E-state index in [1.54, 1.807) is 19.1 Å². The Morgan fingerprint density at radius 3 is 2.76 bits per heavy atom. The van der Waals surface area contributed by atoms with Crippen LogP contribution in [0.4, 0.5) is 0 Å². The molecule has 4 nitrogen and oxygen atoms in total. The molecule has 0 bridgehead atoms. The Balaban J connectivity index is 3.08. The lowest BCUT2D eigenvalue weighted by atomic mass is 10.1. The first-order valence-corrected chi connectivity index (χ1v) is 6.43. The number of rotatable bonds is 5. The minimum atomic E-state index is -1.31. The van der Waals surface area contributed by atoms with Gasteiger partial charge in [-0.25, -0.2) is 4.79 Å². The molecule has 1 aromatic rings. The Bertz CT molecular complexity index is 392. The van der Waals surface area contributed by atoms with Gasteiger partial charge >= 0.3 is 5.97 Å². The number of ether oxygens (including phenoxy) is 2. The third-order valence-corrected chi connectivity index (χ3v) is 3.00. The number of thioether (sulfide) groups is 1. The maximum absolute atomic E-state index is 11.5. The van der Waals surface area contributed by atoms with Crippen molar-refractivity contribution in [3.05, 3.63) is 23.8 Å². The van der Waals surface area contributed by atoms with Crippen LogP contribution in [0, 0.1) is 0 Å². The largest absolute Gasteiger partial charge is 0.495 e. The number of carbonyl (C=O) groups excluding carboxylic acids is 1. The van der Waals surface area contributed by atoms with E-state index >= 15 is 0 Å². The van der Waals surface area contributed by atoms with Gasteiger partial charge in [0.1, 0.15) is 5.75 Å². The van der Waals surface area contributed by atoms with E-state index in [1.165, 1.54) is 18.9 Å². The second-order valence-corrected chi connectivity index (χ2v) is 4.09. The third kappa shape index (κ3) is 3.14. The summed E-state index contributed by atoms with van der Waals surface area (Å²) in [5, 5.41) is 9.89. The molecule has 1 rings (SSSR count). The van der Waals surface area contributed by atoms with Gasteiger partial charge in [0.2, 0.25) is 0 Å². The number of esters is 1. The fraction of sp³-hybridized carbons (Fsp3) is 0.417. The van der Waals surface area contributed by atoms with Gasteiger partial charge in [-0.3, -0.25) is 0 Å². The predicted molar refractivity (Wildman–Crippen MR) is 66.4 cm³/mol. The van der Waals surface area contributed by atoms with Crippen LogP contribution < -0.4 is 4.74 Å². The van der Waals surface area contributed by atoms with E-state index < -0.39 is 12.1 Å². The average Bonchev–Trinajstić information content (AvgIpc) is 2.36. The van der Waals surface area contributed by atoms with Crippen LogP contribution in [0.15, 0.2) is 23.1 Å². The van der Waals surface area contributed by atoms with Crippen LogP contribution in [-0.4, -0.2) is 31.0 Å². The number of benzene rings is 1. The first-order valence-electron chi connectivity index (χ1n) is 5.21. The lowest BCUT2D eigenvalue weighted by molar-refractivity contribution is -0.153. The lowest BCUT2D eigenvalue weighted by Crippen LogP contribution is -2.16. The molecular weight excluding hydrogens is 240 g/mol. The fourth-order valence-electron chi connectivity index (χ4n) is 1.48. The Morgan fingerprint density at radius 1 is 1.53 bits per heavy atom. The summed E-state index contributed by atoms with van der Waals surface area (Å²) in [6.07, 6.45) is 0.593. The minimum absolute atomic E-state index is 0.237. The number of methoxy groups -OCH3 is 1. The molecule has 0 heterocycles. The van der Waals surface area contributed by atoms with Crippen LogP contribution in [0.1, 0.15) is 18.6 Å². The maximum Gasteiger partial charge on any atom is 0.339 e. The normalized spacial score (nSPS) is 12.0. The zero-order chi connectivity index (χ0) is 12.8. The molecular formula is C12H16O4S. The van der Waals surface area contributed by atoms with E-state index in [0.29, 0.717) is 11.3 Å². The van der Waals surface area contributed by atoms with Crippen molar-refractivity contribution in [2.24, 2.45) is 0 Å². The average molecular weight is 256 g/mol. The van der Waals surface area contributed by atoms with Gasteiger partial charge in [0, 0.05) is 10.5 Å². The first kappa shape index (κ1) is 13.9. The van der Waals surface area contributed by atoms with E-state index in [4.69, 9.17) is 9.47 Å². The highest BCUT2D eigenvalue weighted by Gasteiger charge is 2.23. The molecule has 5 heteroatoms. The van der Waals surface area contributed by atoms with Crippen LogP contribution in [0.25, 0.3) is 0 Å². The van der Waals surface area contributed by atoms with Crippen molar-refractivity contribution in [3.8, 4) is 5.75 Å². The van der Waals surface area contributed by atoms with Gasteiger partial charge < -0.3 is 14.6 Å². The van der Waals surface area contributed by atoms with E-state index in [9.17, 15) is 9.90 Å². The van der Waals surface area contributed by atoms with Crippen molar-refractivity contribution in [2.45, 2.75) is 17.9 Å². The summed E-state index contributed by atoms with van der Waals surface area (Å²) < 4.78 is 10.0. The lowest BCUT2D eigenvalue weighted by Gasteiger charge is -2.15. The van der Waals surface area contributed by atoms with Crippen molar-refractivity contribution >= 4 is 17.7 Å². The van der Waals surface area contributed by atoms with Crippen molar-refractivity contribution in [1.82, 2.24) is 0 Å². The van der Waals surface area contributed by atoms with Gasteiger partial charge in [0.05, 0.1) is 13.7 Å². The van der Waals surface area contributed by atoms with Gasteiger partial charge in [-0.1, -0.05) is 12.1 Å². The Hall–Kier alpha value is -1.20.